The van der Waals surface area contributed by atoms with Crippen LogP contribution in [0.15, 0.2) is 29.4 Å². The van der Waals surface area contributed by atoms with Gasteiger partial charge in [-0.3, -0.25) is 9.59 Å². The Labute approximate surface area is 218 Å². The molecule has 10 heteroatoms. The van der Waals surface area contributed by atoms with Gasteiger partial charge in [-0.05, 0) is 33.3 Å². The van der Waals surface area contributed by atoms with Crippen LogP contribution in [0.2, 0.25) is 0 Å². The number of morpholine rings is 1. The molecule has 198 valence electrons. The summed E-state index contributed by atoms with van der Waals surface area (Å²) in [6.45, 7) is 12.6. The van der Waals surface area contributed by atoms with Gasteiger partial charge in [0.15, 0.2) is 0 Å². The molecule has 1 atom stereocenters. The Morgan fingerprint density at radius 2 is 1.97 bits per heavy atom. The monoisotopic (exact) mass is 508 g/mol. The lowest BCUT2D eigenvalue weighted by Gasteiger charge is -2.29. The summed E-state index contributed by atoms with van der Waals surface area (Å²) >= 11 is 0. The van der Waals surface area contributed by atoms with E-state index in [1.807, 2.05) is 52.0 Å². The quantitative estimate of drug-likeness (QED) is 0.345. The summed E-state index contributed by atoms with van der Waals surface area (Å²) < 4.78 is 10.9. The van der Waals surface area contributed by atoms with Crippen LogP contribution >= 0.6 is 0 Å². The number of esters is 1. The summed E-state index contributed by atoms with van der Waals surface area (Å²) in [5, 5.41) is 4.33. The average Bonchev–Trinajstić information content (AvgIpc) is 3.26. The SMILES string of the molecule is Cc1cccc(/C=N/Nc2nc3c(c(N4CCOCC4)n2)CN(C(=O)[C@H](C)CC(=O)OC(C)(C)C)C3)c1. The summed E-state index contributed by atoms with van der Waals surface area (Å²) in [5.41, 5.74) is 6.20. The highest BCUT2D eigenvalue weighted by atomic mass is 16.6. The molecule has 2 aliphatic rings. The van der Waals surface area contributed by atoms with Gasteiger partial charge in [-0.1, -0.05) is 36.8 Å². The molecule has 1 fully saturated rings. The molecule has 37 heavy (non-hydrogen) atoms. The van der Waals surface area contributed by atoms with E-state index in [-0.39, 0.29) is 18.3 Å². The van der Waals surface area contributed by atoms with Crippen molar-refractivity contribution in [3.05, 3.63) is 46.6 Å². The van der Waals surface area contributed by atoms with Crippen molar-refractivity contribution < 1.29 is 19.1 Å². The van der Waals surface area contributed by atoms with Crippen molar-refractivity contribution in [1.29, 1.82) is 0 Å². The zero-order valence-corrected chi connectivity index (χ0v) is 22.3. The van der Waals surface area contributed by atoms with E-state index in [0.29, 0.717) is 45.3 Å². The highest BCUT2D eigenvalue weighted by molar-refractivity contribution is 5.84. The lowest BCUT2D eigenvalue weighted by Crippen LogP contribution is -2.38. The number of hydrogen-bond acceptors (Lipinski definition) is 9. The summed E-state index contributed by atoms with van der Waals surface area (Å²) in [5.74, 6) is 0.179. The summed E-state index contributed by atoms with van der Waals surface area (Å²) in [6.07, 6.45) is 1.76. The fraction of sp³-hybridized carbons (Fsp3) is 0.519. The first-order valence-corrected chi connectivity index (χ1v) is 12.7. The third-order valence-corrected chi connectivity index (χ3v) is 6.12. The molecule has 0 saturated carbocycles. The van der Waals surface area contributed by atoms with Gasteiger partial charge in [-0.15, -0.1) is 0 Å². The number of aryl methyl sites for hydroxylation is 1. The van der Waals surface area contributed by atoms with Gasteiger partial charge < -0.3 is 19.3 Å². The molecule has 1 aromatic carbocycles. The molecular weight excluding hydrogens is 472 g/mol. The minimum atomic E-state index is -0.586. The fourth-order valence-electron chi connectivity index (χ4n) is 4.43. The summed E-state index contributed by atoms with van der Waals surface area (Å²) in [7, 11) is 0. The maximum absolute atomic E-state index is 13.2. The molecule has 1 N–H and O–H groups in total. The molecule has 1 aromatic heterocycles. The molecule has 2 aromatic rings. The van der Waals surface area contributed by atoms with Crippen LogP contribution in [0.4, 0.5) is 11.8 Å². The van der Waals surface area contributed by atoms with Crippen LogP contribution in [0.25, 0.3) is 0 Å². The van der Waals surface area contributed by atoms with Crippen LogP contribution in [-0.2, 0) is 32.2 Å². The molecule has 0 spiro atoms. The highest BCUT2D eigenvalue weighted by Crippen LogP contribution is 2.32. The lowest BCUT2D eigenvalue weighted by atomic mass is 10.1. The van der Waals surface area contributed by atoms with Crippen LogP contribution in [0, 0.1) is 12.8 Å². The Kier molecular flexibility index (Phi) is 8.06. The maximum Gasteiger partial charge on any atom is 0.307 e. The minimum Gasteiger partial charge on any atom is -0.460 e. The maximum atomic E-state index is 13.2. The number of nitrogens with zero attached hydrogens (tertiary/aromatic N) is 5. The number of ether oxygens (including phenoxy) is 2. The Balaban J connectivity index is 1.51. The first-order chi connectivity index (χ1) is 17.6. The van der Waals surface area contributed by atoms with Crippen LogP contribution in [0.1, 0.15) is 56.5 Å². The zero-order valence-electron chi connectivity index (χ0n) is 22.3. The van der Waals surface area contributed by atoms with E-state index in [4.69, 9.17) is 14.5 Å². The zero-order chi connectivity index (χ0) is 26.6. The van der Waals surface area contributed by atoms with Crippen molar-refractivity contribution in [3.63, 3.8) is 0 Å². The summed E-state index contributed by atoms with van der Waals surface area (Å²) in [4.78, 5) is 38.9. The standard InChI is InChI=1S/C27H36N6O4/c1-18-7-6-8-20(13-18)15-28-31-26-29-22-17-33(25(35)19(2)14-23(34)37-27(3,4)5)16-21(22)24(30-26)32-9-11-36-12-10-32/h6-8,13,15,19H,9-12,14,16-17H2,1-5H3,(H,29,30,31)/b28-15+/t19-/m1/s1. The van der Waals surface area contributed by atoms with Crippen LogP contribution in [-0.4, -0.2) is 64.9 Å². The number of fused-ring (bicyclic) bond motifs is 1. The number of anilines is 2. The topological polar surface area (TPSA) is 109 Å². The van der Waals surface area contributed by atoms with Gasteiger partial charge in [0.25, 0.3) is 0 Å². The first-order valence-electron chi connectivity index (χ1n) is 12.7. The number of hydrogen-bond donors (Lipinski definition) is 1. The number of carbonyl (C=O) groups excluding carboxylic acids is 2. The number of nitrogens with one attached hydrogen (secondary N) is 1. The molecule has 3 heterocycles. The predicted octanol–water partition coefficient (Wildman–Crippen LogP) is 3.28. The fourth-order valence-corrected chi connectivity index (χ4v) is 4.43. The van der Waals surface area contributed by atoms with Gasteiger partial charge in [0, 0.05) is 24.6 Å². The van der Waals surface area contributed by atoms with E-state index in [2.05, 4.69) is 20.4 Å². The van der Waals surface area contributed by atoms with Gasteiger partial charge in [-0.2, -0.15) is 10.1 Å². The number of amides is 1. The van der Waals surface area contributed by atoms with Gasteiger partial charge in [0.05, 0.1) is 44.6 Å². The van der Waals surface area contributed by atoms with Gasteiger partial charge >= 0.3 is 5.97 Å². The Bertz CT molecular complexity index is 1170. The number of hydrazone groups is 1. The van der Waals surface area contributed by atoms with Crippen LogP contribution in [0.5, 0.6) is 0 Å². The van der Waals surface area contributed by atoms with Crippen molar-refractivity contribution in [2.24, 2.45) is 11.0 Å². The Hall–Kier alpha value is -3.53. The lowest BCUT2D eigenvalue weighted by molar-refractivity contribution is -0.158. The van der Waals surface area contributed by atoms with E-state index in [1.165, 1.54) is 0 Å². The molecular formula is C27H36N6O4. The van der Waals surface area contributed by atoms with Crippen LogP contribution < -0.4 is 10.3 Å². The number of aromatic nitrogens is 2. The summed E-state index contributed by atoms with van der Waals surface area (Å²) in [6, 6.07) is 8.03. The number of carbonyl (C=O) groups is 2. The third-order valence-electron chi connectivity index (χ3n) is 6.12. The Morgan fingerprint density at radius 1 is 1.22 bits per heavy atom. The van der Waals surface area contributed by atoms with Gasteiger partial charge in [0.1, 0.15) is 11.4 Å². The molecule has 4 rings (SSSR count). The molecule has 2 aliphatic heterocycles. The molecule has 10 nitrogen and oxygen atoms in total. The smallest absolute Gasteiger partial charge is 0.307 e. The molecule has 0 bridgehead atoms. The Morgan fingerprint density at radius 3 is 2.68 bits per heavy atom. The number of rotatable bonds is 7. The second-order valence-electron chi connectivity index (χ2n) is 10.6. The van der Waals surface area contributed by atoms with Crippen molar-refractivity contribution in [2.45, 2.75) is 59.7 Å². The van der Waals surface area contributed by atoms with Crippen molar-refractivity contribution in [1.82, 2.24) is 14.9 Å². The van der Waals surface area contributed by atoms with E-state index in [0.717, 1.165) is 28.2 Å². The van der Waals surface area contributed by atoms with E-state index in [9.17, 15) is 9.59 Å². The average molecular weight is 509 g/mol. The second kappa shape index (κ2) is 11.2. The first kappa shape index (κ1) is 26.5. The second-order valence-corrected chi connectivity index (χ2v) is 10.6. The molecule has 0 radical (unpaired) electrons. The molecule has 0 aliphatic carbocycles. The minimum absolute atomic E-state index is 0.0332. The molecule has 0 unspecified atom stereocenters. The van der Waals surface area contributed by atoms with Gasteiger partial charge in [0.2, 0.25) is 11.9 Å². The van der Waals surface area contributed by atoms with E-state index >= 15 is 0 Å². The van der Waals surface area contributed by atoms with E-state index in [1.54, 1.807) is 18.0 Å². The third kappa shape index (κ3) is 7.03. The van der Waals surface area contributed by atoms with E-state index < -0.39 is 11.5 Å². The van der Waals surface area contributed by atoms with Crippen molar-refractivity contribution in [3.8, 4) is 0 Å². The number of benzene rings is 1. The van der Waals surface area contributed by atoms with Crippen molar-refractivity contribution in [2.75, 3.05) is 36.6 Å². The predicted molar refractivity (Wildman–Crippen MR) is 141 cm³/mol. The highest BCUT2D eigenvalue weighted by Gasteiger charge is 2.33. The van der Waals surface area contributed by atoms with Crippen molar-refractivity contribution >= 4 is 29.9 Å². The largest absolute Gasteiger partial charge is 0.460 e. The normalized spacial score (nSPS) is 16.6. The molecule has 1 saturated heterocycles. The molecule has 1 amide bonds. The van der Waals surface area contributed by atoms with Crippen LogP contribution in [0.3, 0.4) is 0 Å². The van der Waals surface area contributed by atoms with Gasteiger partial charge in [-0.25, -0.2) is 10.4 Å².